The molecule has 9 nitrogen and oxygen atoms in total. The van der Waals surface area contributed by atoms with Gasteiger partial charge in [-0.25, -0.2) is 4.98 Å². The van der Waals surface area contributed by atoms with E-state index in [0.29, 0.717) is 6.20 Å². The van der Waals surface area contributed by atoms with Crippen LogP contribution in [0.15, 0.2) is 42.7 Å². The van der Waals surface area contributed by atoms with Crippen molar-refractivity contribution in [1.29, 1.82) is 0 Å². The Hall–Kier alpha value is -4.09. The number of carbonyl (C=O) groups is 2. The lowest BCUT2D eigenvalue weighted by atomic mass is 10.1. The summed E-state index contributed by atoms with van der Waals surface area (Å²) in [5, 5.41) is 14.4. The summed E-state index contributed by atoms with van der Waals surface area (Å²) in [5.74, 6) is -0.895. The molecule has 32 heavy (non-hydrogen) atoms. The average Bonchev–Trinajstić information content (AvgIpc) is 3.12. The number of anilines is 4. The maximum atomic E-state index is 13.6. The Bertz CT molecular complexity index is 1160. The first kappa shape index (κ1) is 22.6. The van der Waals surface area contributed by atoms with Gasteiger partial charge in [0.1, 0.15) is 5.82 Å². The number of amides is 2. The average molecular weight is 447 g/mol. The van der Waals surface area contributed by atoms with E-state index in [1.165, 1.54) is 37.1 Å². The number of rotatable bonds is 6. The third-order valence-electron chi connectivity index (χ3n) is 4.41. The van der Waals surface area contributed by atoms with Gasteiger partial charge in [0.15, 0.2) is 5.69 Å². The second-order valence-corrected chi connectivity index (χ2v) is 6.63. The molecule has 12 heteroatoms. The Morgan fingerprint density at radius 3 is 2.31 bits per heavy atom. The lowest BCUT2D eigenvalue weighted by Crippen LogP contribution is -2.20. The van der Waals surface area contributed by atoms with Crippen LogP contribution in [0.25, 0.3) is 0 Å². The summed E-state index contributed by atoms with van der Waals surface area (Å²) in [6, 6.07) is 7.31. The summed E-state index contributed by atoms with van der Waals surface area (Å²) in [5.41, 5.74) is -0.679. The van der Waals surface area contributed by atoms with Crippen LogP contribution in [0, 0.1) is 0 Å². The van der Waals surface area contributed by atoms with E-state index < -0.39 is 23.6 Å². The standard InChI is InChI=1S/C20H20F3N7O2/c1-24-18(31)11-6-4-5-7-13(11)27-14-8-16(26-9-12(14)20(21,22)23)28-15-10-30(3)29-17(15)19(32)25-2/h4-10H,1-3H3,(H,24,31)(H,25,32)(H2,26,27,28). The van der Waals surface area contributed by atoms with Crippen LogP contribution in [0.3, 0.4) is 0 Å². The smallest absolute Gasteiger partial charge is 0.355 e. The largest absolute Gasteiger partial charge is 0.419 e. The van der Waals surface area contributed by atoms with E-state index in [-0.39, 0.29) is 34.1 Å². The van der Waals surface area contributed by atoms with Crippen LogP contribution in [-0.4, -0.2) is 40.7 Å². The molecule has 0 spiro atoms. The summed E-state index contributed by atoms with van der Waals surface area (Å²) in [7, 11) is 4.45. The molecule has 0 bridgehead atoms. The minimum atomic E-state index is -4.70. The highest BCUT2D eigenvalue weighted by molar-refractivity contribution is 6.00. The van der Waals surface area contributed by atoms with Crippen molar-refractivity contribution in [2.75, 3.05) is 24.7 Å². The molecule has 0 fully saturated rings. The second kappa shape index (κ2) is 8.96. The molecular formula is C20H20F3N7O2. The van der Waals surface area contributed by atoms with Crippen molar-refractivity contribution in [3.63, 3.8) is 0 Å². The Morgan fingerprint density at radius 1 is 0.969 bits per heavy atom. The zero-order valence-corrected chi connectivity index (χ0v) is 17.3. The molecule has 3 rings (SSSR count). The molecule has 0 aliphatic rings. The lowest BCUT2D eigenvalue weighted by molar-refractivity contribution is -0.137. The van der Waals surface area contributed by atoms with Gasteiger partial charge in [-0.1, -0.05) is 12.1 Å². The van der Waals surface area contributed by atoms with Crippen molar-refractivity contribution in [2.24, 2.45) is 7.05 Å². The van der Waals surface area contributed by atoms with Crippen LogP contribution in [0.5, 0.6) is 0 Å². The normalized spacial score (nSPS) is 11.1. The summed E-state index contributed by atoms with van der Waals surface area (Å²) < 4.78 is 42.2. The first-order valence-electron chi connectivity index (χ1n) is 9.32. The number of aryl methyl sites for hydroxylation is 1. The zero-order valence-electron chi connectivity index (χ0n) is 17.3. The highest BCUT2D eigenvalue weighted by atomic mass is 19.4. The molecule has 0 unspecified atom stereocenters. The van der Waals surface area contributed by atoms with Crippen LogP contribution in [-0.2, 0) is 13.2 Å². The fraction of sp³-hybridized carbons (Fsp3) is 0.200. The number of carbonyl (C=O) groups excluding carboxylic acids is 2. The molecule has 168 valence electrons. The van der Waals surface area contributed by atoms with Crippen molar-refractivity contribution in [2.45, 2.75) is 6.18 Å². The van der Waals surface area contributed by atoms with Crippen LogP contribution >= 0.6 is 0 Å². The van der Waals surface area contributed by atoms with Crippen LogP contribution < -0.4 is 21.3 Å². The van der Waals surface area contributed by atoms with E-state index in [9.17, 15) is 22.8 Å². The Labute approximate surface area is 181 Å². The van der Waals surface area contributed by atoms with E-state index in [2.05, 4.69) is 31.3 Å². The number of nitrogens with zero attached hydrogens (tertiary/aromatic N) is 3. The maximum Gasteiger partial charge on any atom is 0.419 e. The summed E-state index contributed by atoms with van der Waals surface area (Å²) in [4.78, 5) is 27.9. The van der Waals surface area contributed by atoms with Crippen molar-refractivity contribution >= 4 is 34.7 Å². The molecule has 0 aliphatic heterocycles. The Balaban J connectivity index is 2.03. The highest BCUT2D eigenvalue weighted by Gasteiger charge is 2.34. The third kappa shape index (κ3) is 4.79. The molecule has 2 heterocycles. The molecule has 0 atom stereocenters. The van der Waals surface area contributed by atoms with Gasteiger partial charge in [-0.2, -0.15) is 18.3 Å². The molecule has 2 aromatic heterocycles. The highest BCUT2D eigenvalue weighted by Crippen LogP contribution is 2.37. The van der Waals surface area contributed by atoms with E-state index in [1.54, 1.807) is 19.2 Å². The number of pyridine rings is 1. The van der Waals surface area contributed by atoms with Crippen LogP contribution in [0.2, 0.25) is 0 Å². The van der Waals surface area contributed by atoms with Gasteiger partial charge in [-0.15, -0.1) is 0 Å². The Kier molecular flexibility index (Phi) is 6.32. The van der Waals surface area contributed by atoms with E-state index in [4.69, 9.17) is 0 Å². The molecular weight excluding hydrogens is 427 g/mol. The van der Waals surface area contributed by atoms with E-state index in [1.807, 2.05) is 0 Å². The predicted molar refractivity (Wildman–Crippen MR) is 112 cm³/mol. The number of nitrogens with one attached hydrogen (secondary N) is 4. The zero-order chi connectivity index (χ0) is 23.5. The van der Waals surface area contributed by atoms with Crippen molar-refractivity contribution in [3.05, 3.63) is 59.5 Å². The van der Waals surface area contributed by atoms with Crippen molar-refractivity contribution in [1.82, 2.24) is 25.4 Å². The molecule has 4 N–H and O–H groups in total. The van der Waals surface area contributed by atoms with Crippen LogP contribution in [0.4, 0.5) is 36.1 Å². The summed E-state index contributed by atoms with van der Waals surface area (Å²) >= 11 is 0. The number of halogens is 3. The molecule has 0 radical (unpaired) electrons. The van der Waals surface area contributed by atoms with Gasteiger partial charge >= 0.3 is 6.18 Å². The minimum absolute atomic E-state index is 0.0380. The van der Waals surface area contributed by atoms with Gasteiger partial charge < -0.3 is 21.3 Å². The van der Waals surface area contributed by atoms with Gasteiger partial charge in [-0.3, -0.25) is 14.3 Å². The van der Waals surface area contributed by atoms with Gasteiger partial charge in [-0.05, 0) is 12.1 Å². The lowest BCUT2D eigenvalue weighted by Gasteiger charge is -2.17. The second-order valence-electron chi connectivity index (χ2n) is 6.63. The van der Waals surface area contributed by atoms with Gasteiger partial charge in [0.2, 0.25) is 0 Å². The molecule has 0 saturated carbocycles. The predicted octanol–water partition coefficient (Wildman–Crippen LogP) is 3.04. The quantitative estimate of drug-likeness (QED) is 0.462. The Morgan fingerprint density at radius 2 is 1.66 bits per heavy atom. The summed E-state index contributed by atoms with van der Waals surface area (Å²) in [6.45, 7) is 0. The number of alkyl halides is 3. The maximum absolute atomic E-state index is 13.6. The number of benzene rings is 1. The molecule has 0 saturated heterocycles. The number of aromatic nitrogens is 3. The molecule has 3 aromatic rings. The van der Waals surface area contributed by atoms with Crippen LogP contribution in [0.1, 0.15) is 26.4 Å². The minimum Gasteiger partial charge on any atom is -0.355 e. The number of para-hydroxylation sites is 1. The number of hydrogen-bond donors (Lipinski definition) is 4. The van der Waals surface area contributed by atoms with Gasteiger partial charge in [0.05, 0.1) is 28.2 Å². The van der Waals surface area contributed by atoms with Gasteiger partial charge in [0.25, 0.3) is 11.8 Å². The third-order valence-corrected chi connectivity index (χ3v) is 4.41. The van der Waals surface area contributed by atoms with E-state index in [0.717, 1.165) is 6.07 Å². The van der Waals surface area contributed by atoms with Crippen molar-refractivity contribution < 1.29 is 22.8 Å². The van der Waals surface area contributed by atoms with E-state index >= 15 is 0 Å². The van der Waals surface area contributed by atoms with Gasteiger partial charge in [0, 0.05) is 39.6 Å². The van der Waals surface area contributed by atoms with Crippen molar-refractivity contribution in [3.8, 4) is 0 Å². The number of hydrogen-bond acceptors (Lipinski definition) is 6. The first-order chi connectivity index (χ1) is 15.1. The molecule has 1 aromatic carbocycles. The SMILES string of the molecule is CNC(=O)c1ccccc1Nc1cc(Nc2cn(C)nc2C(=O)NC)ncc1C(F)(F)F. The first-order valence-corrected chi connectivity index (χ1v) is 9.32. The molecule has 2 amide bonds. The molecule has 0 aliphatic carbocycles. The monoisotopic (exact) mass is 447 g/mol. The fourth-order valence-electron chi connectivity index (χ4n) is 2.93. The summed E-state index contributed by atoms with van der Waals surface area (Å²) in [6.07, 6.45) is -2.53. The topological polar surface area (TPSA) is 113 Å². The fourth-order valence-corrected chi connectivity index (χ4v) is 2.93.